The van der Waals surface area contributed by atoms with Crippen LogP contribution in [0.1, 0.15) is 16.8 Å². The second kappa shape index (κ2) is 12.4. The normalized spacial score (nSPS) is 9.91. The molecule has 5 aromatic carbocycles. The minimum absolute atomic E-state index is 0. The van der Waals surface area contributed by atoms with Gasteiger partial charge in [-0.25, -0.2) is 12.1 Å². The number of nitrogens with zero attached hydrogens (tertiary/aromatic N) is 1. The Labute approximate surface area is 218 Å². The first kappa shape index (κ1) is 27.1. The molecule has 0 saturated heterocycles. The van der Waals surface area contributed by atoms with E-state index in [0.717, 1.165) is 6.42 Å². The van der Waals surface area contributed by atoms with E-state index >= 15 is 0 Å². The van der Waals surface area contributed by atoms with Gasteiger partial charge in [0.2, 0.25) is 0 Å². The molecule has 1 aromatic heterocycles. The zero-order valence-corrected chi connectivity index (χ0v) is 21.4. The molecule has 0 spiro atoms. The summed E-state index contributed by atoms with van der Waals surface area (Å²) in [6.07, 6.45) is 1.05. The fourth-order valence-electron chi connectivity index (χ4n) is 4.26. The molecular formula is C30H25F2NZr. The molecule has 0 atom stereocenters. The van der Waals surface area contributed by atoms with Crippen LogP contribution in [0.5, 0.6) is 0 Å². The van der Waals surface area contributed by atoms with Gasteiger partial charge in [0.1, 0.15) is 0 Å². The Morgan fingerprint density at radius 2 is 1.32 bits per heavy atom. The maximum Gasteiger partial charge on any atom is 4.00 e. The second-order valence-corrected chi connectivity index (χ2v) is 7.98. The number of halogens is 2. The summed E-state index contributed by atoms with van der Waals surface area (Å²) in [7, 11) is 0. The molecule has 4 heteroatoms. The van der Waals surface area contributed by atoms with Crippen molar-refractivity contribution in [1.82, 2.24) is 4.57 Å². The van der Waals surface area contributed by atoms with Crippen molar-refractivity contribution >= 4 is 21.7 Å². The molecule has 0 aliphatic carbocycles. The molecule has 0 unspecified atom stereocenters. The third-order valence-electron chi connectivity index (χ3n) is 5.74. The topological polar surface area (TPSA) is 4.93 Å². The Kier molecular flexibility index (Phi) is 9.89. The fourth-order valence-corrected chi connectivity index (χ4v) is 4.26. The number of hydrogen-bond donors (Lipinski definition) is 0. The molecule has 0 N–H and O–H groups in total. The Morgan fingerprint density at radius 3 is 2.03 bits per heavy atom. The Hall–Kier alpha value is -3.10. The summed E-state index contributed by atoms with van der Waals surface area (Å²) in [5.41, 5.74) is 6.57. The van der Waals surface area contributed by atoms with E-state index in [9.17, 15) is 0 Å². The van der Waals surface area contributed by atoms with Crippen LogP contribution in [0.3, 0.4) is 0 Å². The number of benzene rings is 3. The number of rotatable bonds is 3. The van der Waals surface area contributed by atoms with Gasteiger partial charge >= 0.3 is 26.2 Å². The summed E-state index contributed by atoms with van der Waals surface area (Å²) in [5, 5.41) is 3.90. The van der Waals surface area contributed by atoms with Crippen LogP contribution < -0.4 is 9.41 Å². The quantitative estimate of drug-likeness (QED) is 0.309. The molecule has 168 valence electrons. The monoisotopic (exact) mass is 527 g/mol. The largest absolute Gasteiger partial charge is 4.00 e. The fraction of sp³-hybridized carbons (Fsp3) is 0.0667. The Bertz CT molecular complexity index is 1380. The van der Waals surface area contributed by atoms with Gasteiger partial charge in [0.05, 0.1) is 5.52 Å². The summed E-state index contributed by atoms with van der Waals surface area (Å²) < 4.78 is 2.33. The molecule has 1 heterocycles. The molecule has 1 nitrogen and oxygen atoms in total. The van der Waals surface area contributed by atoms with Crippen LogP contribution in [-0.4, -0.2) is 4.57 Å². The van der Waals surface area contributed by atoms with Gasteiger partial charge in [0.15, 0.2) is 0 Å². The van der Waals surface area contributed by atoms with Crippen molar-refractivity contribution in [2.75, 3.05) is 0 Å². The minimum Gasteiger partial charge on any atom is -1.00 e. The van der Waals surface area contributed by atoms with Crippen molar-refractivity contribution in [2.24, 2.45) is 0 Å². The smallest absolute Gasteiger partial charge is 1.00 e. The van der Waals surface area contributed by atoms with Crippen molar-refractivity contribution in [2.45, 2.75) is 13.3 Å². The van der Waals surface area contributed by atoms with Gasteiger partial charge in [-0.3, -0.25) is 0 Å². The van der Waals surface area contributed by atoms with Crippen LogP contribution in [0.25, 0.3) is 27.4 Å². The molecule has 0 amide bonds. The predicted molar refractivity (Wildman–Crippen MR) is 132 cm³/mol. The van der Waals surface area contributed by atoms with E-state index < -0.39 is 0 Å². The third-order valence-corrected chi connectivity index (χ3v) is 5.74. The molecule has 0 fully saturated rings. The summed E-state index contributed by atoms with van der Waals surface area (Å²) in [6.45, 7) is 2.16. The van der Waals surface area contributed by atoms with Gasteiger partial charge < -0.3 is 14.0 Å². The van der Waals surface area contributed by atoms with E-state index in [1.54, 1.807) is 0 Å². The van der Waals surface area contributed by atoms with E-state index in [0.29, 0.717) is 0 Å². The first-order valence-electron chi connectivity index (χ1n) is 10.8. The van der Waals surface area contributed by atoms with Crippen molar-refractivity contribution in [3.63, 3.8) is 0 Å². The first-order valence-corrected chi connectivity index (χ1v) is 10.8. The van der Waals surface area contributed by atoms with Gasteiger partial charge in [-0.15, -0.1) is 41.1 Å². The third kappa shape index (κ3) is 5.87. The van der Waals surface area contributed by atoms with Crippen molar-refractivity contribution in [3.8, 4) is 5.69 Å². The number of fused-ring (bicyclic) bond motifs is 2. The van der Waals surface area contributed by atoms with Crippen molar-refractivity contribution in [3.05, 3.63) is 138 Å². The van der Waals surface area contributed by atoms with Crippen LogP contribution >= 0.6 is 0 Å². The van der Waals surface area contributed by atoms with Gasteiger partial charge in [0.25, 0.3) is 0 Å². The van der Waals surface area contributed by atoms with Crippen LogP contribution in [0.2, 0.25) is 0 Å². The number of para-hydroxylation sites is 1. The standard InChI is InChI=1S/C18H14N.C12H11.2FH.Zr/c1-13-10-16-8-4-5-9-18(16)19(13)17-11-14-6-2-3-7-15(14)12-17;1-2-6-11(7-3-1)10-12-8-4-5-9-12;;;/h2-12H,1H3;1-9H,10H2;2*1H;/q2*-1;;;+4/p-2. The Balaban J connectivity index is 0.000000240. The van der Waals surface area contributed by atoms with Gasteiger partial charge in [-0.1, -0.05) is 60.2 Å². The second-order valence-electron chi connectivity index (χ2n) is 7.98. The van der Waals surface area contributed by atoms with E-state index in [1.165, 1.54) is 44.2 Å². The van der Waals surface area contributed by atoms with Crippen LogP contribution in [0, 0.1) is 6.92 Å². The molecular weight excluding hydrogens is 504 g/mol. The maximum atomic E-state index is 2.33. The zero-order valence-electron chi connectivity index (χ0n) is 19.0. The first-order chi connectivity index (χ1) is 15.3. The number of hydrogen-bond acceptors (Lipinski definition) is 0. The average molecular weight is 529 g/mol. The SMILES string of the molecule is Cc1cc2ccccc2n1-c1cc2ccccc2[cH-]1.[F-].[F-].[Zr+4].c1ccc(C[c-]2cccc2)cc1. The molecule has 6 aromatic rings. The van der Waals surface area contributed by atoms with Gasteiger partial charge in [-0.2, -0.15) is 17.7 Å². The number of aryl methyl sites for hydroxylation is 1. The predicted octanol–water partition coefficient (Wildman–Crippen LogP) is 1.81. The molecule has 34 heavy (non-hydrogen) atoms. The van der Waals surface area contributed by atoms with Crippen LogP contribution in [0.4, 0.5) is 0 Å². The molecule has 6 rings (SSSR count). The molecule has 0 aliphatic rings. The van der Waals surface area contributed by atoms with Crippen molar-refractivity contribution in [1.29, 1.82) is 0 Å². The summed E-state index contributed by atoms with van der Waals surface area (Å²) in [6, 6.07) is 42.8. The van der Waals surface area contributed by atoms with E-state index in [1.807, 2.05) is 0 Å². The van der Waals surface area contributed by atoms with E-state index in [4.69, 9.17) is 0 Å². The summed E-state index contributed by atoms with van der Waals surface area (Å²) in [4.78, 5) is 0. The molecule has 0 bridgehead atoms. The minimum atomic E-state index is 0. The van der Waals surface area contributed by atoms with Gasteiger partial charge in [-0.05, 0) is 31.2 Å². The Morgan fingerprint density at radius 1 is 0.706 bits per heavy atom. The van der Waals surface area contributed by atoms with E-state index in [2.05, 4.69) is 133 Å². The van der Waals surface area contributed by atoms with E-state index in [-0.39, 0.29) is 35.6 Å². The van der Waals surface area contributed by atoms with Gasteiger partial charge in [0, 0.05) is 11.1 Å². The summed E-state index contributed by atoms with van der Waals surface area (Å²) >= 11 is 0. The zero-order chi connectivity index (χ0) is 21.0. The van der Waals surface area contributed by atoms with Crippen molar-refractivity contribution < 1.29 is 35.6 Å². The van der Waals surface area contributed by atoms with Crippen LogP contribution in [-0.2, 0) is 32.6 Å². The maximum absolute atomic E-state index is 2.33. The summed E-state index contributed by atoms with van der Waals surface area (Å²) in [5.74, 6) is 0. The van der Waals surface area contributed by atoms with Crippen LogP contribution in [0.15, 0.2) is 121 Å². The number of aromatic nitrogens is 1. The average Bonchev–Trinajstić information content (AvgIpc) is 3.52. The molecule has 0 saturated carbocycles. The molecule has 0 radical (unpaired) electrons. The molecule has 0 aliphatic heterocycles.